The van der Waals surface area contributed by atoms with Crippen LogP contribution in [0.3, 0.4) is 0 Å². The molecule has 0 amide bonds. The quantitative estimate of drug-likeness (QED) is 0.622. The Hall–Kier alpha value is -1.33. The van der Waals surface area contributed by atoms with Gasteiger partial charge in [0, 0.05) is 0 Å². The summed E-state index contributed by atoms with van der Waals surface area (Å²) in [5.41, 5.74) is 0.000475. The van der Waals surface area contributed by atoms with E-state index in [0.29, 0.717) is 5.56 Å². The molecule has 1 aromatic rings. The normalized spacial score (nSPS) is 20.0. The SMILES string of the molecule is CC(C)(C)OC(=O)c1cccc(B2OC(C)(C)C(C)(C)O2)c1. The van der Waals surface area contributed by atoms with Gasteiger partial charge in [-0.2, -0.15) is 0 Å². The Morgan fingerprint density at radius 3 is 2.14 bits per heavy atom. The molecule has 0 spiro atoms. The maximum atomic E-state index is 12.2. The van der Waals surface area contributed by atoms with Crippen LogP contribution in [0.25, 0.3) is 0 Å². The van der Waals surface area contributed by atoms with Gasteiger partial charge in [-0.05, 0) is 66.1 Å². The van der Waals surface area contributed by atoms with E-state index in [0.717, 1.165) is 5.46 Å². The third-order valence-electron chi connectivity index (χ3n) is 4.05. The average molecular weight is 304 g/mol. The zero-order chi connectivity index (χ0) is 16.8. The number of hydrogen-bond acceptors (Lipinski definition) is 4. The Morgan fingerprint density at radius 2 is 1.64 bits per heavy atom. The number of benzene rings is 1. The summed E-state index contributed by atoms with van der Waals surface area (Å²) in [6, 6.07) is 7.23. The van der Waals surface area contributed by atoms with E-state index in [9.17, 15) is 4.79 Å². The smallest absolute Gasteiger partial charge is 0.456 e. The third kappa shape index (κ3) is 3.53. The number of carbonyl (C=O) groups excluding carboxylic acids is 1. The van der Waals surface area contributed by atoms with Gasteiger partial charge in [-0.3, -0.25) is 0 Å². The van der Waals surface area contributed by atoms with Crippen LogP contribution in [0.1, 0.15) is 58.8 Å². The van der Waals surface area contributed by atoms with Gasteiger partial charge in [-0.15, -0.1) is 0 Å². The molecule has 0 radical (unpaired) electrons. The molecular formula is C17H25BO4. The Morgan fingerprint density at radius 1 is 1.09 bits per heavy atom. The van der Waals surface area contributed by atoms with Gasteiger partial charge in [-0.1, -0.05) is 12.1 Å². The second kappa shape index (κ2) is 5.39. The van der Waals surface area contributed by atoms with Crippen molar-refractivity contribution >= 4 is 18.6 Å². The molecule has 120 valence electrons. The Balaban J connectivity index is 2.22. The van der Waals surface area contributed by atoms with Crippen molar-refractivity contribution < 1.29 is 18.8 Å². The molecule has 5 heteroatoms. The van der Waals surface area contributed by atoms with Gasteiger partial charge in [0.15, 0.2) is 0 Å². The summed E-state index contributed by atoms with van der Waals surface area (Å²) in [5.74, 6) is -0.342. The molecule has 1 fully saturated rings. The van der Waals surface area contributed by atoms with E-state index < -0.39 is 23.9 Å². The van der Waals surface area contributed by atoms with Crippen molar-refractivity contribution in [1.29, 1.82) is 0 Å². The molecular weight excluding hydrogens is 279 g/mol. The number of rotatable bonds is 2. The maximum Gasteiger partial charge on any atom is 0.494 e. The molecule has 1 aliphatic rings. The lowest BCUT2D eigenvalue weighted by Gasteiger charge is -2.32. The molecule has 1 aromatic carbocycles. The lowest BCUT2D eigenvalue weighted by molar-refractivity contribution is 0.00578. The molecule has 0 saturated carbocycles. The second-order valence-electron chi connectivity index (χ2n) is 7.72. The minimum Gasteiger partial charge on any atom is -0.456 e. The molecule has 0 N–H and O–H groups in total. The molecule has 2 rings (SSSR count). The summed E-state index contributed by atoms with van der Waals surface area (Å²) in [5, 5.41) is 0. The molecule has 0 aliphatic carbocycles. The highest BCUT2D eigenvalue weighted by Crippen LogP contribution is 2.36. The fourth-order valence-corrected chi connectivity index (χ4v) is 2.13. The maximum absolute atomic E-state index is 12.2. The third-order valence-corrected chi connectivity index (χ3v) is 4.05. The minimum atomic E-state index is -0.516. The van der Waals surface area contributed by atoms with Crippen LogP contribution < -0.4 is 5.46 Å². The Bertz CT molecular complexity index is 556. The highest BCUT2D eigenvalue weighted by molar-refractivity contribution is 6.62. The first-order valence-electron chi connectivity index (χ1n) is 7.60. The molecule has 1 heterocycles. The average Bonchev–Trinajstić information content (AvgIpc) is 2.57. The van der Waals surface area contributed by atoms with Crippen LogP contribution in [-0.4, -0.2) is 29.9 Å². The molecule has 0 bridgehead atoms. The predicted octanol–water partition coefficient (Wildman–Crippen LogP) is 2.94. The molecule has 22 heavy (non-hydrogen) atoms. The fourth-order valence-electron chi connectivity index (χ4n) is 2.13. The summed E-state index contributed by atoms with van der Waals surface area (Å²) in [7, 11) is -0.479. The van der Waals surface area contributed by atoms with Crippen molar-refractivity contribution in [3.8, 4) is 0 Å². The van der Waals surface area contributed by atoms with Crippen LogP contribution in [0.4, 0.5) is 0 Å². The van der Waals surface area contributed by atoms with Crippen molar-refractivity contribution in [2.24, 2.45) is 0 Å². The van der Waals surface area contributed by atoms with E-state index in [1.165, 1.54) is 0 Å². The number of hydrogen-bond donors (Lipinski definition) is 0. The van der Waals surface area contributed by atoms with Crippen molar-refractivity contribution in [3.05, 3.63) is 29.8 Å². The zero-order valence-corrected chi connectivity index (χ0v) is 14.5. The zero-order valence-electron chi connectivity index (χ0n) is 14.5. The van der Waals surface area contributed by atoms with Crippen LogP contribution in [0.2, 0.25) is 0 Å². The highest BCUT2D eigenvalue weighted by Gasteiger charge is 2.51. The molecule has 4 nitrogen and oxygen atoms in total. The lowest BCUT2D eigenvalue weighted by Crippen LogP contribution is -2.41. The molecule has 1 saturated heterocycles. The van der Waals surface area contributed by atoms with Gasteiger partial charge < -0.3 is 14.0 Å². The monoisotopic (exact) mass is 304 g/mol. The van der Waals surface area contributed by atoms with Crippen LogP contribution in [0, 0.1) is 0 Å². The van der Waals surface area contributed by atoms with Crippen LogP contribution in [0.5, 0.6) is 0 Å². The first kappa shape index (κ1) is 17.0. The number of ether oxygens (including phenoxy) is 1. The first-order chi connectivity index (χ1) is 9.91. The standard InChI is InChI=1S/C17H25BO4/c1-15(2,3)20-14(19)12-9-8-10-13(11-12)18-21-16(4,5)17(6,7)22-18/h8-11H,1-7H3. The summed E-state index contributed by atoms with van der Waals surface area (Å²) in [4.78, 5) is 12.2. The molecule has 1 aliphatic heterocycles. The van der Waals surface area contributed by atoms with Gasteiger partial charge in [0.05, 0.1) is 16.8 Å². The largest absolute Gasteiger partial charge is 0.494 e. The summed E-state index contributed by atoms with van der Waals surface area (Å²) in [6.07, 6.45) is 0. The summed E-state index contributed by atoms with van der Waals surface area (Å²) < 4.78 is 17.4. The van der Waals surface area contributed by atoms with Crippen molar-refractivity contribution in [2.45, 2.75) is 65.3 Å². The van der Waals surface area contributed by atoms with Crippen molar-refractivity contribution in [2.75, 3.05) is 0 Å². The van der Waals surface area contributed by atoms with Gasteiger partial charge >= 0.3 is 13.1 Å². The second-order valence-corrected chi connectivity index (χ2v) is 7.72. The fraction of sp³-hybridized carbons (Fsp3) is 0.588. The van der Waals surface area contributed by atoms with E-state index in [4.69, 9.17) is 14.0 Å². The van der Waals surface area contributed by atoms with E-state index >= 15 is 0 Å². The first-order valence-corrected chi connectivity index (χ1v) is 7.60. The van der Waals surface area contributed by atoms with E-state index in [1.807, 2.05) is 60.6 Å². The topological polar surface area (TPSA) is 44.8 Å². The Kier molecular flexibility index (Phi) is 4.17. The van der Waals surface area contributed by atoms with Gasteiger partial charge in [0.2, 0.25) is 0 Å². The highest BCUT2D eigenvalue weighted by atomic mass is 16.7. The van der Waals surface area contributed by atoms with E-state index in [1.54, 1.807) is 12.1 Å². The molecule has 0 atom stereocenters. The summed E-state index contributed by atoms with van der Waals surface area (Å²) in [6.45, 7) is 13.6. The van der Waals surface area contributed by atoms with Crippen molar-refractivity contribution in [3.63, 3.8) is 0 Å². The summed E-state index contributed by atoms with van der Waals surface area (Å²) >= 11 is 0. The number of carbonyl (C=O) groups is 1. The number of esters is 1. The van der Waals surface area contributed by atoms with Crippen LogP contribution in [-0.2, 0) is 14.0 Å². The molecule has 0 aromatic heterocycles. The van der Waals surface area contributed by atoms with Gasteiger partial charge in [0.1, 0.15) is 5.60 Å². The van der Waals surface area contributed by atoms with Gasteiger partial charge in [-0.25, -0.2) is 4.79 Å². The predicted molar refractivity (Wildman–Crippen MR) is 87.3 cm³/mol. The van der Waals surface area contributed by atoms with E-state index in [-0.39, 0.29) is 5.97 Å². The van der Waals surface area contributed by atoms with Gasteiger partial charge in [0.25, 0.3) is 0 Å². The van der Waals surface area contributed by atoms with E-state index in [2.05, 4.69) is 0 Å². The lowest BCUT2D eigenvalue weighted by atomic mass is 9.78. The Labute approximate surface area is 133 Å². The van der Waals surface area contributed by atoms with Crippen LogP contribution >= 0.6 is 0 Å². The van der Waals surface area contributed by atoms with Crippen molar-refractivity contribution in [1.82, 2.24) is 0 Å². The minimum absolute atomic E-state index is 0.342. The van der Waals surface area contributed by atoms with Crippen LogP contribution in [0.15, 0.2) is 24.3 Å². The molecule has 0 unspecified atom stereocenters.